The number of amides is 2. The molecule has 2 atom stereocenters. The molecule has 2 N–H and O–H groups in total. The second-order valence-electron chi connectivity index (χ2n) is 6.64. The van der Waals surface area contributed by atoms with E-state index >= 15 is 0 Å². The van der Waals surface area contributed by atoms with E-state index in [1.807, 2.05) is 0 Å². The van der Waals surface area contributed by atoms with Crippen molar-refractivity contribution in [2.75, 3.05) is 6.54 Å². The van der Waals surface area contributed by atoms with Crippen LogP contribution in [0.5, 0.6) is 0 Å². The van der Waals surface area contributed by atoms with Gasteiger partial charge in [-0.05, 0) is 46.0 Å². The number of nitrogens with zero attached hydrogens (tertiary/aromatic N) is 1. The topological polar surface area (TPSA) is 95.9 Å². The van der Waals surface area contributed by atoms with Crippen molar-refractivity contribution in [3.05, 3.63) is 0 Å². The van der Waals surface area contributed by atoms with Gasteiger partial charge in [-0.1, -0.05) is 0 Å². The Labute approximate surface area is 123 Å². The molecule has 0 radical (unpaired) electrons. The maximum Gasteiger partial charge on any atom is 0.408 e. The van der Waals surface area contributed by atoms with Gasteiger partial charge in [0.2, 0.25) is 5.91 Å². The summed E-state index contributed by atoms with van der Waals surface area (Å²) < 4.78 is 5.16. The lowest BCUT2D eigenvalue weighted by Crippen LogP contribution is -2.61. The summed E-state index contributed by atoms with van der Waals surface area (Å²) in [6, 6.07) is -1.44. The Morgan fingerprint density at radius 3 is 2.24 bits per heavy atom. The average Bonchev–Trinajstić information content (AvgIpc) is 3.04. The van der Waals surface area contributed by atoms with Crippen molar-refractivity contribution in [3.63, 3.8) is 0 Å². The highest BCUT2D eigenvalue weighted by molar-refractivity contribution is 5.91. The Bertz CT molecular complexity index is 453. The van der Waals surface area contributed by atoms with E-state index in [0.717, 1.165) is 12.8 Å². The zero-order valence-corrected chi connectivity index (χ0v) is 12.6. The van der Waals surface area contributed by atoms with Crippen molar-refractivity contribution in [1.82, 2.24) is 10.2 Å². The number of alkyl carbamates (subject to hydrolysis) is 1. The maximum absolute atomic E-state index is 12.4. The number of hydrogen-bond acceptors (Lipinski definition) is 4. The monoisotopic (exact) mass is 298 g/mol. The van der Waals surface area contributed by atoms with E-state index in [9.17, 15) is 14.4 Å². The molecular formula is C14H22N2O5. The van der Waals surface area contributed by atoms with Gasteiger partial charge in [-0.3, -0.25) is 4.79 Å². The summed E-state index contributed by atoms with van der Waals surface area (Å²) in [4.78, 5) is 36.6. The highest BCUT2D eigenvalue weighted by Crippen LogP contribution is 2.35. The van der Waals surface area contributed by atoms with Gasteiger partial charge in [0.1, 0.15) is 17.7 Å². The van der Waals surface area contributed by atoms with Crippen LogP contribution in [-0.2, 0) is 14.3 Å². The van der Waals surface area contributed by atoms with Crippen molar-refractivity contribution in [2.24, 2.45) is 5.92 Å². The van der Waals surface area contributed by atoms with E-state index in [-0.39, 0.29) is 11.8 Å². The second-order valence-corrected chi connectivity index (χ2v) is 6.64. The van der Waals surface area contributed by atoms with Gasteiger partial charge in [0, 0.05) is 6.54 Å². The number of nitrogens with one attached hydrogen (secondary N) is 1. The van der Waals surface area contributed by atoms with Crippen molar-refractivity contribution >= 4 is 18.0 Å². The normalized spacial score (nSPS) is 23.0. The van der Waals surface area contributed by atoms with Crippen LogP contribution in [0, 0.1) is 5.92 Å². The second kappa shape index (κ2) is 5.54. The van der Waals surface area contributed by atoms with E-state index in [1.165, 1.54) is 4.90 Å². The lowest BCUT2D eigenvalue weighted by atomic mass is 10.00. The van der Waals surface area contributed by atoms with Crippen molar-refractivity contribution in [2.45, 2.75) is 57.7 Å². The van der Waals surface area contributed by atoms with Crippen LogP contribution >= 0.6 is 0 Å². The Kier molecular flexibility index (Phi) is 4.11. The van der Waals surface area contributed by atoms with Gasteiger partial charge in [0.25, 0.3) is 0 Å². The molecular weight excluding hydrogens is 276 g/mol. The van der Waals surface area contributed by atoms with Crippen LogP contribution in [0.25, 0.3) is 0 Å². The van der Waals surface area contributed by atoms with Crippen molar-refractivity contribution < 1.29 is 24.2 Å². The third-order valence-electron chi connectivity index (χ3n) is 3.62. The van der Waals surface area contributed by atoms with Crippen LogP contribution in [0.4, 0.5) is 4.79 Å². The molecule has 0 unspecified atom stereocenters. The molecule has 1 saturated heterocycles. The standard InChI is InChI=1S/C14H22N2O5/c1-14(2,3)21-13(20)15-10(8-4-5-8)11(17)16-7-6-9(16)12(18)19/h8-10H,4-7H2,1-3H3,(H,15,20)(H,18,19)/t9-,10+/m0/s1. The van der Waals surface area contributed by atoms with Crippen LogP contribution in [-0.4, -0.2) is 52.2 Å². The predicted octanol–water partition coefficient (Wildman–Crippen LogP) is 0.975. The number of hydrogen-bond donors (Lipinski definition) is 2. The van der Waals surface area contributed by atoms with Gasteiger partial charge in [-0.15, -0.1) is 0 Å². The quantitative estimate of drug-likeness (QED) is 0.806. The van der Waals surface area contributed by atoms with Crippen molar-refractivity contribution in [3.8, 4) is 0 Å². The first-order valence-electron chi connectivity index (χ1n) is 7.22. The van der Waals surface area contributed by atoms with Gasteiger partial charge in [-0.2, -0.15) is 0 Å². The number of carbonyl (C=O) groups is 3. The molecule has 1 heterocycles. The summed E-state index contributed by atoms with van der Waals surface area (Å²) in [5.74, 6) is -1.23. The Balaban J connectivity index is 1.98. The third kappa shape index (κ3) is 3.86. The summed E-state index contributed by atoms with van der Waals surface area (Å²) in [5.41, 5.74) is -0.637. The summed E-state index contributed by atoms with van der Waals surface area (Å²) in [5, 5.41) is 11.6. The third-order valence-corrected chi connectivity index (χ3v) is 3.62. The first-order chi connectivity index (χ1) is 9.69. The van der Waals surface area contributed by atoms with E-state index in [0.29, 0.717) is 13.0 Å². The van der Waals surface area contributed by atoms with Gasteiger partial charge in [0.15, 0.2) is 0 Å². The molecule has 118 valence electrons. The first kappa shape index (κ1) is 15.6. The predicted molar refractivity (Wildman–Crippen MR) is 73.6 cm³/mol. The number of carboxylic acid groups (broad SMARTS) is 1. The highest BCUT2D eigenvalue weighted by Gasteiger charge is 2.45. The number of aliphatic carboxylic acids is 1. The molecule has 7 nitrogen and oxygen atoms in total. The fraction of sp³-hybridized carbons (Fsp3) is 0.786. The molecule has 1 aliphatic heterocycles. The Hall–Kier alpha value is -1.79. The minimum absolute atomic E-state index is 0.0834. The zero-order valence-electron chi connectivity index (χ0n) is 12.6. The van der Waals surface area contributed by atoms with E-state index in [1.54, 1.807) is 20.8 Å². The fourth-order valence-corrected chi connectivity index (χ4v) is 2.33. The summed E-state index contributed by atoms with van der Waals surface area (Å²) in [6.45, 7) is 5.66. The average molecular weight is 298 g/mol. The lowest BCUT2D eigenvalue weighted by molar-refractivity contribution is -0.158. The minimum atomic E-state index is -0.999. The van der Waals surface area contributed by atoms with Crippen LogP contribution in [0.15, 0.2) is 0 Å². The molecule has 1 saturated carbocycles. The fourth-order valence-electron chi connectivity index (χ4n) is 2.33. The van der Waals surface area contributed by atoms with Crippen LogP contribution in [0.3, 0.4) is 0 Å². The highest BCUT2D eigenvalue weighted by atomic mass is 16.6. The van der Waals surface area contributed by atoms with Crippen LogP contribution < -0.4 is 5.32 Å². The molecule has 0 aromatic rings. The smallest absolute Gasteiger partial charge is 0.408 e. The Morgan fingerprint density at radius 2 is 1.86 bits per heavy atom. The molecule has 7 heteroatoms. The minimum Gasteiger partial charge on any atom is -0.480 e. The summed E-state index contributed by atoms with van der Waals surface area (Å²) in [6.07, 6.45) is 1.54. The van der Waals surface area contributed by atoms with Crippen LogP contribution in [0.2, 0.25) is 0 Å². The largest absolute Gasteiger partial charge is 0.480 e. The van der Waals surface area contributed by atoms with Gasteiger partial charge in [0.05, 0.1) is 0 Å². The molecule has 1 aliphatic carbocycles. The van der Waals surface area contributed by atoms with Gasteiger partial charge < -0.3 is 20.1 Å². The molecule has 21 heavy (non-hydrogen) atoms. The molecule has 0 spiro atoms. The summed E-state index contributed by atoms with van der Waals surface area (Å²) in [7, 11) is 0. The van der Waals surface area contributed by atoms with E-state index in [2.05, 4.69) is 5.32 Å². The number of ether oxygens (including phenoxy) is 1. The number of carbonyl (C=O) groups excluding carboxylic acids is 2. The van der Waals surface area contributed by atoms with E-state index in [4.69, 9.17) is 9.84 Å². The molecule has 2 amide bonds. The van der Waals surface area contributed by atoms with Crippen molar-refractivity contribution in [1.29, 1.82) is 0 Å². The lowest BCUT2D eigenvalue weighted by Gasteiger charge is -2.40. The van der Waals surface area contributed by atoms with Gasteiger partial charge in [-0.25, -0.2) is 9.59 Å². The molecule has 2 rings (SSSR count). The summed E-state index contributed by atoms with van der Waals surface area (Å²) >= 11 is 0. The van der Waals surface area contributed by atoms with E-state index < -0.39 is 29.7 Å². The SMILES string of the molecule is CC(C)(C)OC(=O)N[C@@H](C(=O)N1CC[C@H]1C(=O)O)C1CC1. The number of carboxylic acids is 1. The Morgan fingerprint density at radius 1 is 1.24 bits per heavy atom. The number of rotatable bonds is 4. The molecule has 0 bridgehead atoms. The molecule has 0 aromatic heterocycles. The van der Waals surface area contributed by atoms with Gasteiger partial charge >= 0.3 is 12.1 Å². The molecule has 0 aromatic carbocycles. The molecule has 2 fully saturated rings. The van der Waals surface area contributed by atoms with Crippen LogP contribution in [0.1, 0.15) is 40.0 Å². The first-order valence-corrected chi connectivity index (χ1v) is 7.22. The zero-order chi connectivity index (χ0) is 15.8. The molecule has 2 aliphatic rings. The number of likely N-dealkylation sites (tertiary alicyclic amines) is 1. The maximum atomic E-state index is 12.4.